The lowest BCUT2D eigenvalue weighted by Gasteiger charge is -2.05. The minimum atomic E-state index is 0.0434. The van der Waals surface area contributed by atoms with Gasteiger partial charge in [0.25, 0.3) is 0 Å². The van der Waals surface area contributed by atoms with E-state index in [1.54, 1.807) is 7.11 Å². The van der Waals surface area contributed by atoms with Crippen LogP contribution >= 0.6 is 0 Å². The van der Waals surface area contributed by atoms with Gasteiger partial charge in [0, 0.05) is 11.1 Å². The second-order valence-electron chi connectivity index (χ2n) is 5.00. The fraction of sp³-hybridized carbons (Fsp3) is 0.0500. The monoisotopic (exact) mass is 288 g/mol. The van der Waals surface area contributed by atoms with Crippen molar-refractivity contribution < 1.29 is 9.53 Å². The molecule has 22 heavy (non-hydrogen) atoms. The van der Waals surface area contributed by atoms with Crippen LogP contribution in [0.15, 0.2) is 78.9 Å². The summed E-state index contributed by atoms with van der Waals surface area (Å²) in [6.45, 7) is 0. The smallest absolute Gasteiger partial charge is 0.193 e. The number of hydrogen-bond acceptors (Lipinski definition) is 2. The van der Waals surface area contributed by atoms with Gasteiger partial charge in [0.2, 0.25) is 0 Å². The Hall–Kier alpha value is -2.87. The maximum absolute atomic E-state index is 12.4. The summed E-state index contributed by atoms with van der Waals surface area (Å²) in [5.74, 6) is 0.876. The molecule has 3 rings (SSSR count). The number of hydrogen-bond donors (Lipinski definition) is 0. The van der Waals surface area contributed by atoms with Crippen molar-refractivity contribution in [3.8, 4) is 16.9 Å². The third kappa shape index (κ3) is 2.91. The highest BCUT2D eigenvalue weighted by Crippen LogP contribution is 2.23. The van der Waals surface area contributed by atoms with Gasteiger partial charge in [-0.1, -0.05) is 66.7 Å². The van der Waals surface area contributed by atoms with Crippen LogP contribution in [0.2, 0.25) is 0 Å². The molecule has 3 aromatic rings. The van der Waals surface area contributed by atoms with Gasteiger partial charge in [-0.2, -0.15) is 0 Å². The predicted molar refractivity (Wildman–Crippen MR) is 88.3 cm³/mol. The Morgan fingerprint density at radius 2 is 1.18 bits per heavy atom. The lowest BCUT2D eigenvalue weighted by atomic mass is 9.99. The molecule has 0 aliphatic carbocycles. The Balaban J connectivity index is 1.84. The number of rotatable bonds is 4. The van der Waals surface area contributed by atoms with E-state index in [1.807, 2.05) is 78.9 Å². The van der Waals surface area contributed by atoms with Crippen LogP contribution < -0.4 is 4.74 Å². The molecule has 0 aromatic heterocycles. The molecule has 0 radical (unpaired) electrons. The maximum atomic E-state index is 12.4. The van der Waals surface area contributed by atoms with Gasteiger partial charge < -0.3 is 4.74 Å². The zero-order valence-electron chi connectivity index (χ0n) is 12.3. The predicted octanol–water partition coefficient (Wildman–Crippen LogP) is 4.59. The Morgan fingerprint density at radius 1 is 0.682 bits per heavy atom. The Bertz CT molecular complexity index is 757. The molecule has 0 saturated carbocycles. The van der Waals surface area contributed by atoms with Crippen LogP contribution in [0.25, 0.3) is 11.1 Å². The van der Waals surface area contributed by atoms with E-state index in [2.05, 4.69) is 0 Å². The molecule has 2 nitrogen and oxygen atoms in total. The van der Waals surface area contributed by atoms with Crippen molar-refractivity contribution >= 4 is 5.78 Å². The van der Waals surface area contributed by atoms with Gasteiger partial charge in [-0.25, -0.2) is 0 Å². The Morgan fingerprint density at radius 3 is 1.73 bits per heavy atom. The van der Waals surface area contributed by atoms with E-state index >= 15 is 0 Å². The van der Waals surface area contributed by atoms with E-state index in [9.17, 15) is 4.79 Å². The van der Waals surface area contributed by atoms with Gasteiger partial charge in [-0.3, -0.25) is 4.79 Å². The first kappa shape index (κ1) is 14.1. The largest absolute Gasteiger partial charge is 0.497 e. The van der Waals surface area contributed by atoms with E-state index < -0.39 is 0 Å². The Labute approximate surface area is 130 Å². The topological polar surface area (TPSA) is 26.3 Å². The second kappa shape index (κ2) is 6.27. The third-order valence-electron chi connectivity index (χ3n) is 3.61. The highest BCUT2D eigenvalue weighted by Gasteiger charge is 2.08. The molecule has 3 aromatic carbocycles. The highest BCUT2D eigenvalue weighted by molar-refractivity contribution is 6.09. The van der Waals surface area contributed by atoms with E-state index in [0.29, 0.717) is 11.1 Å². The average Bonchev–Trinajstić information content (AvgIpc) is 2.62. The quantitative estimate of drug-likeness (QED) is 0.656. The van der Waals surface area contributed by atoms with Crippen LogP contribution in [0.5, 0.6) is 5.75 Å². The van der Waals surface area contributed by atoms with Crippen molar-refractivity contribution in [2.24, 2.45) is 0 Å². The molecule has 0 unspecified atom stereocenters. The van der Waals surface area contributed by atoms with Crippen molar-refractivity contribution in [1.29, 1.82) is 0 Å². The van der Waals surface area contributed by atoms with Gasteiger partial charge in [0.1, 0.15) is 5.75 Å². The summed E-state index contributed by atoms with van der Waals surface area (Å²) in [4.78, 5) is 12.4. The molecule has 0 amide bonds. The van der Waals surface area contributed by atoms with Crippen molar-refractivity contribution in [3.63, 3.8) is 0 Å². The normalized spacial score (nSPS) is 10.2. The summed E-state index contributed by atoms with van der Waals surface area (Å²) in [5.41, 5.74) is 3.58. The molecular formula is C20H16O2. The number of carbonyl (C=O) groups is 1. The van der Waals surface area contributed by atoms with Crippen molar-refractivity contribution in [2.75, 3.05) is 7.11 Å². The van der Waals surface area contributed by atoms with E-state index in [0.717, 1.165) is 16.9 Å². The molecule has 0 saturated heterocycles. The van der Waals surface area contributed by atoms with E-state index in [1.165, 1.54) is 0 Å². The molecule has 0 atom stereocenters. The summed E-state index contributed by atoms with van der Waals surface area (Å²) in [6, 6.07) is 24.9. The maximum Gasteiger partial charge on any atom is 0.193 e. The van der Waals surface area contributed by atoms with Crippen molar-refractivity contribution in [3.05, 3.63) is 90.0 Å². The van der Waals surface area contributed by atoms with Crippen LogP contribution in [0.3, 0.4) is 0 Å². The van der Waals surface area contributed by atoms with Gasteiger partial charge in [-0.05, 0) is 23.3 Å². The number of benzene rings is 3. The van der Waals surface area contributed by atoms with Crippen LogP contribution in [0.4, 0.5) is 0 Å². The zero-order chi connectivity index (χ0) is 15.4. The molecule has 0 N–H and O–H groups in total. The molecule has 0 bridgehead atoms. The standard InChI is InChI=1S/C20H16O2/c1-22-19-13-11-16(12-14-19)15-7-9-18(10-8-15)20(21)17-5-3-2-4-6-17/h2-14H,1H3. The average molecular weight is 288 g/mol. The van der Waals surface area contributed by atoms with Crippen LogP contribution in [0, 0.1) is 0 Å². The van der Waals surface area contributed by atoms with E-state index in [-0.39, 0.29) is 5.78 Å². The van der Waals surface area contributed by atoms with Gasteiger partial charge in [0.05, 0.1) is 7.11 Å². The van der Waals surface area contributed by atoms with Crippen molar-refractivity contribution in [2.45, 2.75) is 0 Å². The summed E-state index contributed by atoms with van der Waals surface area (Å²) >= 11 is 0. The molecule has 0 heterocycles. The second-order valence-corrected chi connectivity index (χ2v) is 5.00. The van der Waals surface area contributed by atoms with Gasteiger partial charge in [0.15, 0.2) is 5.78 Å². The SMILES string of the molecule is COc1ccc(-c2ccc(C(=O)c3ccccc3)cc2)cc1. The fourth-order valence-corrected chi connectivity index (χ4v) is 2.35. The fourth-order valence-electron chi connectivity index (χ4n) is 2.35. The minimum Gasteiger partial charge on any atom is -0.497 e. The van der Waals surface area contributed by atoms with E-state index in [4.69, 9.17) is 4.74 Å². The van der Waals surface area contributed by atoms with Gasteiger partial charge >= 0.3 is 0 Å². The number of ketones is 1. The van der Waals surface area contributed by atoms with Gasteiger partial charge in [-0.15, -0.1) is 0 Å². The summed E-state index contributed by atoms with van der Waals surface area (Å²) in [7, 11) is 1.65. The first-order chi connectivity index (χ1) is 10.8. The number of methoxy groups -OCH3 is 1. The molecule has 0 aliphatic rings. The highest BCUT2D eigenvalue weighted by atomic mass is 16.5. The first-order valence-corrected chi connectivity index (χ1v) is 7.12. The van der Waals surface area contributed by atoms with Crippen LogP contribution in [-0.4, -0.2) is 12.9 Å². The minimum absolute atomic E-state index is 0.0434. The summed E-state index contributed by atoms with van der Waals surface area (Å²) < 4.78 is 5.16. The number of ether oxygens (including phenoxy) is 1. The van der Waals surface area contributed by atoms with Crippen LogP contribution in [0.1, 0.15) is 15.9 Å². The number of carbonyl (C=O) groups excluding carboxylic acids is 1. The lowest BCUT2D eigenvalue weighted by Crippen LogP contribution is -2.00. The third-order valence-corrected chi connectivity index (χ3v) is 3.61. The molecule has 0 fully saturated rings. The molecule has 108 valence electrons. The lowest BCUT2D eigenvalue weighted by molar-refractivity contribution is 0.103. The summed E-state index contributed by atoms with van der Waals surface area (Å²) in [6.07, 6.45) is 0. The summed E-state index contributed by atoms with van der Waals surface area (Å²) in [5, 5.41) is 0. The molecule has 2 heteroatoms. The Kier molecular flexibility index (Phi) is 4.01. The zero-order valence-corrected chi connectivity index (χ0v) is 12.3. The van der Waals surface area contributed by atoms with Crippen LogP contribution in [-0.2, 0) is 0 Å². The molecule has 0 aliphatic heterocycles. The van der Waals surface area contributed by atoms with Crippen molar-refractivity contribution in [1.82, 2.24) is 0 Å². The molecular weight excluding hydrogens is 272 g/mol. The molecule has 0 spiro atoms. The first-order valence-electron chi connectivity index (χ1n) is 7.12.